The Bertz CT molecular complexity index is 1670. The minimum absolute atomic E-state index is 0.00870. The van der Waals surface area contributed by atoms with Crippen LogP contribution in [0.4, 0.5) is 4.39 Å². The number of carbonyl (C=O) groups is 1. The molecule has 40 heavy (non-hydrogen) atoms. The first kappa shape index (κ1) is 27.4. The number of aryl methyl sites for hydroxylation is 2. The van der Waals surface area contributed by atoms with Crippen molar-refractivity contribution in [2.75, 3.05) is 0 Å². The molecule has 0 saturated heterocycles. The lowest BCUT2D eigenvalue weighted by molar-refractivity contribution is 0.0690. The van der Waals surface area contributed by atoms with Gasteiger partial charge in [0.2, 0.25) is 0 Å². The van der Waals surface area contributed by atoms with E-state index < -0.39 is 11.8 Å². The monoisotopic (exact) mass is 540 g/mol. The molecule has 4 aromatic rings. The van der Waals surface area contributed by atoms with E-state index in [1.54, 1.807) is 13.0 Å². The fraction of sp³-hybridized carbons (Fsp3) is 0.294. The zero-order valence-electron chi connectivity index (χ0n) is 23.1. The number of aromatic carboxylic acids is 1. The fourth-order valence-corrected chi connectivity index (χ4v) is 5.49. The molecule has 0 radical (unpaired) electrons. The van der Waals surface area contributed by atoms with Gasteiger partial charge in [-0.25, -0.2) is 9.18 Å². The summed E-state index contributed by atoms with van der Waals surface area (Å²) in [7, 11) is 0. The molecule has 2 aromatic heterocycles. The van der Waals surface area contributed by atoms with E-state index in [1.807, 2.05) is 31.2 Å². The first-order chi connectivity index (χ1) is 19.2. The van der Waals surface area contributed by atoms with Gasteiger partial charge in [0.05, 0.1) is 10.9 Å². The molecule has 5 rings (SSSR count). The number of furan rings is 1. The molecule has 206 valence electrons. The van der Waals surface area contributed by atoms with Crippen LogP contribution >= 0.6 is 0 Å². The predicted octanol–water partition coefficient (Wildman–Crippen LogP) is 8.84. The smallest absolute Gasteiger partial charge is 0.338 e. The van der Waals surface area contributed by atoms with E-state index in [1.165, 1.54) is 12.1 Å². The lowest BCUT2D eigenvalue weighted by Crippen LogP contribution is -2.10. The van der Waals surface area contributed by atoms with Crippen LogP contribution in [-0.4, -0.2) is 11.1 Å². The Morgan fingerprint density at radius 1 is 1.07 bits per heavy atom. The van der Waals surface area contributed by atoms with Gasteiger partial charge in [-0.15, -0.1) is 0 Å². The summed E-state index contributed by atoms with van der Waals surface area (Å²) in [5.41, 5.74) is 3.97. The molecule has 0 bridgehead atoms. The van der Waals surface area contributed by atoms with Gasteiger partial charge in [0.15, 0.2) is 16.9 Å². The van der Waals surface area contributed by atoms with Crippen LogP contribution in [0.25, 0.3) is 34.6 Å². The Morgan fingerprint density at radius 2 is 1.85 bits per heavy atom. The summed E-state index contributed by atoms with van der Waals surface area (Å²) in [5, 5.41) is 9.98. The van der Waals surface area contributed by atoms with Crippen LogP contribution in [0.3, 0.4) is 0 Å². The first-order valence-electron chi connectivity index (χ1n) is 13.8. The Hall–Kier alpha value is -4.19. The maximum absolute atomic E-state index is 14.1. The summed E-state index contributed by atoms with van der Waals surface area (Å²) in [6.07, 6.45) is 13.1. The minimum Gasteiger partial charge on any atom is -0.478 e. The first-order valence-corrected chi connectivity index (χ1v) is 13.8. The van der Waals surface area contributed by atoms with Crippen molar-refractivity contribution in [2.45, 2.75) is 65.2 Å². The number of carboxylic acids is 1. The van der Waals surface area contributed by atoms with Crippen molar-refractivity contribution in [3.63, 3.8) is 0 Å². The zero-order valence-corrected chi connectivity index (χ0v) is 23.1. The molecule has 1 N–H and O–H groups in total. The average molecular weight is 541 g/mol. The van der Waals surface area contributed by atoms with Crippen LogP contribution in [0.2, 0.25) is 0 Å². The molecule has 0 saturated carbocycles. The van der Waals surface area contributed by atoms with Crippen LogP contribution in [0.15, 0.2) is 62.2 Å². The number of fused-ring (bicyclic) bond motifs is 2. The van der Waals surface area contributed by atoms with Crippen LogP contribution < -0.4 is 5.43 Å². The summed E-state index contributed by atoms with van der Waals surface area (Å²) in [6.45, 7) is 5.79. The van der Waals surface area contributed by atoms with Gasteiger partial charge >= 0.3 is 5.97 Å². The van der Waals surface area contributed by atoms with Gasteiger partial charge in [-0.05, 0) is 99.3 Å². The molecule has 1 atom stereocenters. The molecule has 1 aliphatic carbocycles. The van der Waals surface area contributed by atoms with Crippen LogP contribution in [0.5, 0.6) is 0 Å². The summed E-state index contributed by atoms with van der Waals surface area (Å²) < 4.78 is 26.8. The third-order valence-electron chi connectivity index (χ3n) is 7.64. The quantitative estimate of drug-likeness (QED) is 0.253. The van der Waals surface area contributed by atoms with Gasteiger partial charge in [0.1, 0.15) is 17.2 Å². The van der Waals surface area contributed by atoms with Crippen molar-refractivity contribution < 1.29 is 23.1 Å². The number of benzene rings is 2. The predicted molar refractivity (Wildman–Crippen MR) is 156 cm³/mol. The van der Waals surface area contributed by atoms with E-state index in [-0.39, 0.29) is 16.9 Å². The minimum atomic E-state index is -1.26. The maximum Gasteiger partial charge on any atom is 0.338 e. The normalized spacial score (nSPS) is 15.6. The molecule has 5 nitrogen and oxygen atoms in total. The molecule has 2 aromatic carbocycles. The number of carboxylic acid groups (broad SMARTS) is 1. The van der Waals surface area contributed by atoms with Crippen molar-refractivity contribution in [2.24, 2.45) is 0 Å². The third-order valence-corrected chi connectivity index (χ3v) is 7.64. The van der Waals surface area contributed by atoms with Gasteiger partial charge < -0.3 is 13.9 Å². The van der Waals surface area contributed by atoms with Crippen LogP contribution in [0, 0.1) is 19.7 Å². The lowest BCUT2D eigenvalue weighted by atomic mass is 9.90. The second-order valence-electron chi connectivity index (χ2n) is 10.7. The molecule has 0 spiro atoms. The van der Waals surface area contributed by atoms with Crippen molar-refractivity contribution in [3.8, 4) is 11.5 Å². The number of hydrogen-bond donors (Lipinski definition) is 1. The van der Waals surface area contributed by atoms with E-state index in [9.17, 15) is 19.1 Å². The molecule has 0 fully saturated rings. The fourth-order valence-electron chi connectivity index (χ4n) is 5.49. The highest BCUT2D eigenvalue weighted by atomic mass is 19.1. The third kappa shape index (κ3) is 5.44. The Balaban J connectivity index is 1.50. The molecule has 1 unspecified atom stereocenters. The molecule has 0 aliphatic heterocycles. The van der Waals surface area contributed by atoms with Crippen LogP contribution in [0.1, 0.15) is 88.9 Å². The zero-order chi connectivity index (χ0) is 28.4. The Labute approximate surface area is 232 Å². The second-order valence-corrected chi connectivity index (χ2v) is 10.7. The summed E-state index contributed by atoms with van der Waals surface area (Å²) in [6, 6.07) is 10.2. The average Bonchev–Trinajstić information content (AvgIpc) is 3.35. The van der Waals surface area contributed by atoms with Crippen molar-refractivity contribution >= 4 is 29.1 Å². The lowest BCUT2D eigenvalue weighted by Gasteiger charge is -2.16. The Kier molecular flexibility index (Phi) is 7.88. The van der Waals surface area contributed by atoms with Gasteiger partial charge in [0, 0.05) is 11.1 Å². The molecule has 2 heterocycles. The number of allylic oxidation sites excluding steroid dienone is 2. The van der Waals surface area contributed by atoms with Gasteiger partial charge in [-0.1, -0.05) is 43.4 Å². The van der Waals surface area contributed by atoms with Crippen molar-refractivity contribution in [1.29, 1.82) is 0 Å². The molecular formula is C34H33FO5. The van der Waals surface area contributed by atoms with E-state index in [2.05, 4.69) is 25.2 Å². The topological polar surface area (TPSA) is 80.7 Å². The number of rotatable bonds is 7. The number of halogens is 1. The van der Waals surface area contributed by atoms with E-state index in [0.29, 0.717) is 52.9 Å². The SMILES string of the molecule is Cc1cc(C(C)CCCc2cccc(F)c2C(=O)O)c2oc(-c3cc4c(o3)/C=C\CCC/C=C\4)c(C)c(=O)c2c1. The highest BCUT2D eigenvalue weighted by molar-refractivity contribution is 5.89. The molecular weight excluding hydrogens is 507 g/mol. The van der Waals surface area contributed by atoms with Crippen molar-refractivity contribution in [3.05, 3.63) is 104 Å². The van der Waals surface area contributed by atoms with E-state index in [0.717, 1.165) is 41.7 Å². The summed E-state index contributed by atoms with van der Waals surface area (Å²) in [5.74, 6) is -0.294. The van der Waals surface area contributed by atoms with Gasteiger partial charge in [-0.3, -0.25) is 4.79 Å². The highest BCUT2D eigenvalue weighted by Crippen LogP contribution is 2.35. The van der Waals surface area contributed by atoms with E-state index >= 15 is 0 Å². The summed E-state index contributed by atoms with van der Waals surface area (Å²) >= 11 is 0. The van der Waals surface area contributed by atoms with Crippen LogP contribution in [-0.2, 0) is 6.42 Å². The second kappa shape index (κ2) is 11.5. The maximum atomic E-state index is 14.1. The molecule has 1 aliphatic rings. The largest absolute Gasteiger partial charge is 0.478 e. The van der Waals surface area contributed by atoms with Gasteiger partial charge in [-0.2, -0.15) is 0 Å². The van der Waals surface area contributed by atoms with E-state index in [4.69, 9.17) is 8.83 Å². The van der Waals surface area contributed by atoms with Gasteiger partial charge in [0.25, 0.3) is 0 Å². The summed E-state index contributed by atoms with van der Waals surface area (Å²) in [4.78, 5) is 25.1. The number of hydrogen-bond acceptors (Lipinski definition) is 4. The molecule has 6 heteroatoms. The highest BCUT2D eigenvalue weighted by Gasteiger charge is 2.22. The standard InChI is InChI=1S/C34H33FO5/c1-20-17-25(21(2)11-9-13-23-14-10-15-27(35)30(23)34(37)38)33-26(18-20)31(36)22(3)32(40-33)29-19-24-12-7-5-4-6-8-16-28(24)39-29/h7-8,10,12,14-19,21H,4-6,9,11,13H2,1-3H3,(H,37,38)/b12-7-,16-8-. The Morgan fingerprint density at radius 3 is 2.62 bits per heavy atom. The van der Waals surface area contributed by atoms with Crippen molar-refractivity contribution in [1.82, 2.24) is 0 Å². The molecule has 0 amide bonds.